The Morgan fingerprint density at radius 2 is 1.88 bits per heavy atom. The fraction of sp³-hybridized carbons (Fsp3) is 0.125. The zero-order chi connectivity index (χ0) is 24.7. The van der Waals surface area contributed by atoms with Gasteiger partial charge in [-0.3, -0.25) is 10.1 Å². The van der Waals surface area contributed by atoms with Gasteiger partial charge in [-0.2, -0.15) is 21.6 Å². The van der Waals surface area contributed by atoms with Gasteiger partial charge in [-0.25, -0.2) is 14.4 Å². The normalized spacial score (nSPS) is 12.0. The van der Waals surface area contributed by atoms with Gasteiger partial charge in [-0.05, 0) is 12.1 Å². The summed E-state index contributed by atoms with van der Waals surface area (Å²) in [7, 11) is -5.43. The summed E-state index contributed by atoms with van der Waals surface area (Å²) in [6.07, 6.45) is 0.899. The van der Waals surface area contributed by atoms with E-state index >= 15 is 0 Å². The first-order valence-electron chi connectivity index (χ1n) is 8.19. The van der Waals surface area contributed by atoms with Crippen molar-refractivity contribution in [3.8, 4) is 11.5 Å². The molecule has 0 spiro atoms. The zero-order valence-corrected chi connectivity index (χ0v) is 18.1. The summed E-state index contributed by atoms with van der Waals surface area (Å²) < 4.78 is 84.9. The molecule has 0 saturated heterocycles. The number of nitro groups is 1. The molecule has 1 aromatic heterocycles. The number of methoxy groups -OCH3 is 1. The van der Waals surface area contributed by atoms with Crippen LogP contribution >= 0.6 is 23.2 Å². The molecule has 10 nitrogen and oxygen atoms in total. The second-order valence-corrected chi connectivity index (χ2v) is 8.28. The Bertz CT molecular complexity index is 1390. The van der Waals surface area contributed by atoms with Crippen LogP contribution in [0.15, 0.2) is 24.5 Å². The van der Waals surface area contributed by atoms with Crippen molar-refractivity contribution in [3.05, 3.63) is 50.5 Å². The lowest BCUT2D eigenvalue weighted by molar-refractivity contribution is -0.383. The molecule has 2 aromatic carbocycles. The molecule has 0 saturated carbocycles. The van der Waals surface area contributed by atoms with E-state index in [1.165, 1.54) is 6.07 Å². The minimum absolute atomic E-state index is 0.143. The van der Waals surface area contributed by atoms with Gasteiger partial charge in [0.25, 0.3) is 5.75 Å². The molecule has 33 heavy (non-hydrogen) atoms. The van der Waals surface area contributed by atoms with E-state index in [0.717, 1.165) is 25.6 Å². The number of aromatic nitrogens is 2. The quantitative estimate of drug-likeness (QED) is 0.117. The van der Waals surface area contributed by atoms with Gasteiger partial charge in [0.05, 0.1) is 33.3 Å². The van der Waals surface area contributed by atoms with Gasteiger partial charge in [-0.15, -0.1) is 0 Å². The molecule has 1 heterocycles. The number of hydrogen-bond acceptors (Lipinski definition) is 9. The Balaban J connectivity index is 2.33. The van der Waals surface area contributed by atoms with Crippen LogP contribution in [0.3, 0.4) is 0 Å². The number of fused-ring (bicyclic) bond motifs is 1. The summed E-state index contributed by atoms with van der Waals surface area (Å²) in [5.74, 6) is -3.68. The van der Waals surface area contributed by atoms with Gasteiger partial charge < -0.3 is 14.2 Å². The second kappa shape index (κ2) is 8.64. The van der Waals surface area contributed by atoms with Crippen LogP contribution in [0.4, 0.5) is 34.8 Å². The molecule has 3 aromatic rings. The third kappa shape index (κ3) is 4.51. The lowest BCUT2D eigenvalue weighted by Gasteiger charge is -2.15. The summed E-state index contributed by atoms with van der Waals surface area (Å²) in [6.45, 7) is 0. The van der Waals surface area contributed by atoms with E-state index in [2.05, 4.69) is 19.5 Å². The maximum absolute atomic E-state index is 14.5. The Kier molecular flexibility index (Phi) is 6.41. The highest BCUT2D eigenvalue weighted by atomic mass is 35.5. The largest absolute Gasteiger partial charge is 0.534 e. The zero-order valence-electron chi connectivity index (χ0n) is 15.8. The van der Waals surface area contributed by atoms with E-state index in [9.17, 15) is 36.1 Å². The van der Waals surface area contributed by atoms with E-state index in [0.29, 0.717) is 0 Å². The van der Waals surface area contributed by atoms with Crippen LogP contribution in [0.25, 0.3) is 10.9 Å². The molecule has 1 N–H and O–H groups in total. The number of ether oxygens (including phenoxy) is 1. The van der Waals surface area contributed by atoms with Gasteiger partial charge in [0, 0.05) is 6.07 Å². The highest BCUT2D eigenvalue weighted by Crippen LogP contribution is 2.47. The van der Waals surface area contributed by atoms with Crippen LogP contribution in [0, 0.1) is 15.9 Å². The molecule has 0 aliphatic heterocycles. The van der Waals surface area contributed by atoms with Crippen molar-refractivity contribution in [2.45, 2.75) is 5.51 Å². The van der Waals surface area contributed by atoms with E-state index < -0.39 is 59.8 Å². The monoisotopic (exact) mass is 530 g/mol. The SMILES string of the molecule is COc1cc2ncnc(Nc3ccc(Cl)c(Cl)c3F)c2c([N+](=O)[O-])c1OS(=O)(=O)C(F)(F)F. The van der Waals surface area contributed by atoms with Crippen LogP contribution < -0.4 is 14.2 Å². The molecule has 0 aliphatic carbocycles. The van der Waals surface area contributed by atoms with Gasteiger partial charge in [0.15, 0.2) is 11.6 Å². The Hall–Kier alpha value is -3.17. The van der Waals surface area contributed by atoms with Crippen LogP contribution in [0.1, 0.15) is 0 Å². The highest BCUT2D eigenvalue weighted by Gasteiger charge is 2.50. The van der Waals surface area contributed by atoms with E-state index in [1.54, 1.807) is 0 Å². The second-order valence-electron chi connectivity index (χ2n) is 5.96. The van der Waals surface area contributed by atoms with E-state index in [4.69, 9.17) is 27.9 Å². The lowest BCUT2D eigenvalue weighted by atomic mass is 10.1. The van der Waals surface area contributed by atoms with E-state index in [1.807, 2.05) is 0 Å². The molecule has 0 amide bonds. The average molecular weight is 531 g/mol. The van der Waals surface area contributed by atoms with Crippen LogP contribution in [-0.2, 0) is 10.1 Å². The number of nitro benzene ring substituents is 1. The van der Waals surface area contributed by atoms with Gasteiger partial charge in [0.1, 0.15) is 17.5 Å². The number of halogens is 6. The summed E-state index contributed by atoms with van der Waals surface area (Å²) >= 11 is 11.4. The molecule has 0 atom stereocenters. The molecular weight excluding hydrogens is 523 g/mol. The van der Waals surface area contributed by atoms with Gasteiger partial charge >= 0.3 is 21.3 Å². The predicted octanol–water partition coefficient (Wildman–Crippen LogP) is 4.96. The highest BCUT2D eigenvalue weighted by molar-refractivity contribution is 7.88. The smallest absolute Gasteiger partial charge is 0.492 e. The third-order valence-corrected chi connectivity index (χ3v) is 5.72. The van der Waals surface area contributed by atoms with Crippen molar-refractivity contribution in [2.75, 3.05) is 12.4 Å². The first kappa shape index (κ1) is 24.5. The minimum Gasteiger partial charge on any atom is -0.492 e. The number of benzene rings is 2. The summed E-state index contributed by atoms with van der Waals surface area (Å²) in [4.78, 5) is 18.1. The van der Waals surface area contributed by atoms with E-state index in [-0.39, 0.29) is 16.2 Å². The van der Waals surface area contributed by atoms with Crippen LogP contribution in [-0.4, -0.2) is 35.9 Å². The standard InChI is InChI=1S/C16H8Cl2F4N4O6S/c1-31-9-4-8-10(13(26(27)28)14(9)32-33(29,30)16(20,21)22)15(24-5-23-8)25-7-3-2-6(17)11(18)12(7)19/h2-5H,1H3,(H,23,24,25). The molecule has 0 aliphatic rings. The summed E-state index contributed by atoms with van der Waals surface area (Å²) in [5, 5.41) is 13.0. The maximum Gasteiger partial charge on any atom is 0.534 e. The third-order valence-electron chi connectivity index (χ3n) is 3.99. The molecule has 0 bridgehead atoms. The number of anilines is 2. The van der Waals surface area contributed by atoms with Gasteiger partial charge in [-0.1, -0.05) is 23.2 Å². The van der Waals surface area contributed by atoms with Gasteiger partial charge in [0.2, 0.25) is 0 Å². The van der Waals surface area contributed by atoms with Crippen LogP contribution in [0.5, 0.6) is 11.5 Å². The maximum atomic E-state index is 14.5. The van der Waals surface area contributed by atoms with Crippen molar-refractivity contribution in [3.63, 3.8) is 0 Å². The number of hydrogen-bond donors (Lipinski definition) is 1. The van der Waals surface area contributed by atoms with Crippen molar-refractivity contribution in [1.82, 2.24) is 9.97 Å². The summed E-state index contributed by atoms with van der Waals surface area (Å²) in [5.41, 5.74) is -7.83. The number of alkyl halides is 3. The Morgan fingerprint density at radius 3 is 2.45 bits per heavy atom. The van der Waals surface area contributed by atoms with Crippen LogP contribution in [0.2, 0.25) is 10.0 Å². The molecule has 17 heteroatoms. The van der Waals surface area contributed by atoms with Crippen molar-refractivity contribution in [1.29, 1.82) is 0 Å². The van der Waals surface area contributed by atoms with Crippen molar-refractivity contribution >= 4 is 61.4 Å². The number of nitrogens with zero attached hydrogens (tertiary/aromatic N) is 3. The first-order chi connectivity index (χ1) is 15.3. The number of nitrogens with one attached hydrogen (secondary N) is 1. The van der Waals surface area contributed by atoms with Crippen molar-refractivity contribution < 1.29 is 39.8 Å². The Morgan fingerprint density at radius 1 is 1.21 bits per heavy atom. The molecule has 0 unspecified atom stereocenters. The predicted molar refractivity (Wildman–Crippen MR) is 108 cm³/mol. The number of rotatable bonds is 6. The molecule has 3 rings (SSSR count). The fourth-order valence-electron chi connectivity index (χ4n) is 2.57. The Labute approximate surface area is 191 Å². The summed E-state index contributed by atoms with van der Waals surface area (Å²) in [6, 6.07) is 3.18. The van der Waals surface area contributed by atoms with Crippen molar-refractivity contribution in [2.24, 2.45) is 0 Å². The average Bonchev–Trinajstić information content (AvgIpc) is 2.72. The molecule has 0 fully saturated rings. The molecule has 176 valence electrons. The first-order valence-corrected chi connectivity index (χ1v) is 10.4. The minimum atomic E-state index is -6.33. The molecular formula is C16H8Cl2F4N4O6S. The lowest BCUT2D eigenvalue weighted by Crippen LogP contribution is -2.28. The topological polar surface area (TPSA) is 134 Å². The fourth-order valence-corrected chi connectivity index (χ4v) is 3.36. The molecule has 0 radical (unpaired) electrons.